The van der Waals surface area contributed by atoms with Gasteiger partial charge in [-0.05, 0) is 42.8 Å². The summed E-state index contributed by atoms with van der Waals surface area (Å²) >= 11 is 11.9. The Balaban J connectivity index is 1.59. The van der Waals surface area contributed by atoms with Crippen molar-refractivity contribution in [3.8, 4) is 5.75 Å². The largest absolute Gasteiger partial charge is 0.479 e. The topological polar surface area (TPSA) is 67.0 Å². The molecule has 7 heteroatoms. The smallest absolute Gasteiger partial charge is 0.261 e. The van der Waals surface area contributed by atoms with E-state index in [2.05, 4.69) is 15.3 Å². The van der Waals surface area contributed by atoms with Crippen LogP contribution in [-0.2, 0) is 11.3 Å². The number of hydrogen-bond donors (Lipinski definition) is 2. The van der Waals surface area contributed by atoms with Crippen LogP contribution in [0.3, 0.4) is 0 Å². The second-order valence-electron chi connectivity index (χ2n) is 5.31. The van der Waals surface area contributed by atoms with Crippen molar-refractivity contribution >= 4 is 40.1 Å². The first-order valence-corrected chi connectivity index (χ1v) is 8.10. The van der Waals surface area contributed by atoms with E-state index in [0.717, 1.165) is 16.6 Å². The molecule has 3 aromatic rings. The van der Waals surface area contributed by atoms with Crippen LogP contribution in [0.5, 0.6) is 5.75 Å². The summed E-state index contributed by atoms with van der Waals surface area (Å²) in [7, 11) is 0. The van der Waals surface area contributed by atoms with Gasteiger partial charge in [0.2, 0.25) is 0 Å². The predicted octanol–water partition coefficient (Wildman–Crippen LogP) is 3.95. The number of amides is 1. The molecule has 0 aliphatic rings. The lowest BCUT2D eigenvalue weighted by molar-refractivity contribution is -0.127. The number of fused-ring (bicyclic) bond motifs is 1. The fraction of sp³-hybridized carbons (Fsp3) is 0.176. The van der Waals surface area contributed by atoms with Crippen LogP contribution in [0.4, 0.5) is 0 Å². The lowest BCUT2D eigenvalue weighted by Gasteiger charge is -2.15. The normalized spacial score (nSPS) is 12.1. The summed E-state index contributed by atoms with van der Waals surface area (Å²) in [4.78, 5) is 19.4. The third kappa shape index (κ3) is 3.80. The van der Waals surface area contributed by atoms with Gasteiger partial charge in [0.25, 0.3) is 5.91 Å². The van der Waals surface area contributed by atoms with Crippen LogP contribution < -0.4 is 10.1 Å². The molecule has 0 spiro atoms. The number of nitrogens with one attached hydrogen (secondary N) is 2. The zero-order chi connectivity index (χ0) is 17.1. The number of hydrogen-bond acceptors (Lipinski definition) is 3. The zero-order valence-corrected chi connectivity index (χ0v) is 14.4. The average molecular weight is 364 g/mol. The van der Waals surface area contributed by atoms with E-state index in [-0.39, 0.29) is 5.91 Å². The molecule has 0 bridgehead atoms. The summed E-state index contributed by atoms with van der Waals surface area (Å²) in [6.45, 7) is 2.06. The van der Waals surface area contributed by atoms with E-state index in [1.807, 2.05) is 18.2 Å². The minimum Gasteiger partial charge on any atom is -0.479 e. The van der Waals surface area contributed by atoms with Gasteiger partial charge in [-0.25, -0.2) is 4.98 Å². The summed E-state index contributed by atoms with van der Waals surface area (Å²) in [6, 6.07) is 10.6. The number of halogens is 2. The van der Waals surface area contributed by atoms with Crippen LogP contribution in [0.15, 0.2) is 42.7 Å². The minimum atomic E-state index is -0.681. The first-order chi connectivity index (χ1) is 11.5. The molecule has 0 aliphatic heterocycles. The lowest BCUT2D eigenvalue weighted by atomic mass is 10.2. The van der Waals surface area contributed by atoms with E-state index in [9.17, 15) is 4.79 Å². The number of ether oxygens (including phenoxy) is 1. The molecule has 0 saturated carbocycles. The number of aromatic nitrogens is 2. The molecular formula is C17H15Cl2N3O2. The van der Waals surface area contributed by atoms with Crippen molar-refractivity contribution < 1.29 is 9.53 Å². The van der Waals surface area contributed by atoms with Gasteiger partial charge < -0.3 is 15.0 Å². The maximum absolute atomic E-state index is 12.2. The molecule has 1 heterocycles. The molecule has 3 rings (SSSR count). The zero-order valence-electron chi connectivity index (χ0n) is 12.8. The van der Waals surface area contributed by atoms with E-state index in [1.54, 1.807) is 31.5 Å². The Kier molecular flexibility index (Phi) is 4.92. The van der Waals surface area contributed by atoms with Gasteiger partial charge in [0, 0.05) is 11.6 Å². The molecule has 1 atom stereocenters. The first-order valence-electron chi connectivity index (χ1n) is 7.34. The molecule has 0 aliphatic carbocycles. The monoisotopic (exact) mass is 363 g/mol. The number of nitrogens with zero attached hydrogens (tertiary/aromatic N) is 1. The Morgan fingerprint density at radius 3 is 2.92 bits per heavy atom. The van der Waals surface area contributed by atoms with Crippen LogP contribution in [-0.4, -0.2) is 22.0 Å². The number of carbonyl (C=O) groups is 1. The summed E-state index contributed by atoms with van der Waals surface area (Å²) in [5.41, 5.74) is 2.79. The third-order valence-electron chi connectivity index (χ3n) is 3.52. The highest BCUT2D eigenvalue weighted by Gasteiger charge is 2.16. The molecule has 0 radical (unpaired) electrons. The Morgan fingerprint density at radius 2 is 2.12 bits per heavy atom. The molecule has 0 fully saturated rings. The van der Waals surface area contributed by atoms with Crippen molar-refractivity contribution in [2.45, 2.75) is 19.6 Å². The molecule has 24 heavy (non-hydrogen) atoms. The van der Waals surface area contributed by atoms with Crippen molar-refractivity contribution in [1.29, 1.82) is 0 Å². The van der Waals surface area contributed by atoms with E-state index in [0.29, 0.717) is 22.3 Å². The Labute approximate surface area is 148 Å². The number of H-pyrrole nitrogens is 1. The molecule has 1 unspecified atom stereocenters. The molecule has 5 nitrogen and oxygen atoms in total. The summed E-state index contributed by atoms with van der Waals surface area (Å²) in [5.74, 6) is 0.188. The minimum absolute atomic E-state index is 0.231. The van der Waals surface area contributed by atoms with Crippen LogP contribution >= 0.6 is 23.2 Å². The standard InChI is InChI=1S/C17H15Cl2N3O2/c1-10(24-16-5-3-12(18)7-13(16)19)17(23)20-8-11-2-4-14-15(6-11)22-9-21-14/h2-7,9-10H,8H2,1H3,(H,20,23)(H,21,22). The average Bonchev–Trinajstić information content (AvgIpc) is 3.02. The highest BCUT2D eigenvalue weighted by atomic mass is 35.5. The quantitative estimate of drug-likeness (QED) is 0.720. The fourth-order valence-corrected chi connectivity index (χ4v) is 2.69. The van der Waals surface area contributed by atoms with Gasteiger partial charge in [-0.15, -0.1) is 0 Å². The van der Waals surface area contributed by atoms with Crippen molar-refractivity contribution in [2.24, 2.45) is 0 Å². The molecule has 2 N–H and O–H groups in total. The number of carbonyl (C=O) groups excluding carboxylic acids is 1. The number of imidazole rings is 1. The van der Waals surface area contributed by atoms with Crippen molar-refractivity contribution in [2.75, 3.05) is 0 Å². The van der Waals surface area contributed by atoms with Gasteiger partial charge in [-0.1, -0.05) is 29.3 Å². The van der Waals surface area contributed by atoms with Crippen molar-refractivity contribution in [3.05, 3.63) is 58.3 Å². The number of aromatic amines is 1. The van der Waals surface area contributed by atoms with Crippen LogP contribution in [0, 0.1) is 0 Å². The first kappa shape index (κ1) is 16.6. The molecule has 124 valence electrons. The Bertz CT molecular complexity index is 879. The SMILES string of the molecule is CC(Oc1ccc(Cl)cc1Cl)C(=O)NCc1ccc2nc[nH]c2c1. The van der Waals surface area contributed by atoms with Gasteiger partial charge in [-0.3, -0.25) is 4.79 Å². The predicted molar refractivity (Wildman–Crippen MR) is 94.5 cm³/mol. The molecule has 2 aromatic carbocycles. The maximum atomic E-state index is 12.2. The summed E-state index contributed by atoms with van der Waals surface area (Å²) < 4.78 is 5.59. The molecular weight excluding hydrogens is 349 g/mol. The maximum Gasteiger partial charge on any atom is 0.261 e. The third-order valence-corrected chi connectivity index (χ3v) is 4.05. The van der Waals surface area contributed by atoms with Gasteiger partial charge >= 0.3 is 0 Å². The molecule has 0 saturated heterocycles. The summed E-state index contributed by atoms with van der Waals surface area (Å²) in [6.07, 6.45) is 0.957. The van der Waals surface area contributed by atoms with E-state index < -0.39 is 6.10 Å². The van der Waals surface area contributed by atoms with Crippen molar-refractivity contribution in [3.63, 3.8) is 0 Å². The van der Waals surface area contributed by atoms with Gasteiger partial charge in [0.05, 0.1) is 22.4 Å². The van der Waals surface area contributed by atoms with E-state index >= 15 is 0 Å². The number of benzene rings is 2. The van der Waals surface area contributed by atoms with E-state index in [1.165, 1.54) is 0 Å². The molecule has 1 aromatic heterocycles. The van der Waals surface area contributed by atoms with Gasteiger partial charge in [0.15, 0.2) is 6.10 Å². The summed E-state index contributed by atoms with van der Waals surface area (Å²) in [5, 5.41) is 3.72. The van der Waals surface area contributed by atoms with Gasteiger partial charge in [0.1, 0.15) is 5.75 Å². The second-order valence-corrected chi connectivity index (χ2v) is 6.15. The van der Waals surface area contributed by atoms with Crippen molar-refractivity contribution in [1.82, 2.24) is 15.3 Å². The van der Waals surface area contributed by atoms with Gasteiger partial charge in [-0.2, -0.15) is 0 Å². The fourth-order valence-electron chi connectivity index (χ4n) is 2.24. The van der Waals surface area contributed by atoms with E-state index in [4.69, 9.17) is 27.9 Å². The Morgan fingerprint density at radius 1 is 1.29 bits per heavy atom. The lowest BCUT2D eigenvalue weighted by Crippen LogP contribution is -2.35. The molecule has 1 amide bonds. The second kappa shape index (κ2) is 7.11. The Hall–Kier alpha value is -2.24. The van der Waals surface area contributed by atoms with Crippen LogP contribution in [0.2, 0.25) is 10.0 Å². The highest BCUT2D eigenvalue weighted by molar-refractivity contribution is 6.35. The highest BCUT2D eigenvalue weighted by Crippen LogP contribution is 2.28. The van der Waals surface area contributed by atoms with Crippen LogP contribution in [0.1, 0.15) is 12.5 Å². The van der Waals surface area contributed by atoms with Crippen LogP contribution in [0.25, 0.3) is 11.0 Å². The number of rotatable bonds is 5.